The Hall–Kier alpha value is -1.34. The summed E-state index contributed by atoms with van der Waals surface area (Å²) in [6.45, 7) is 0. The summed E-state index contributed by atoms with van der Waals surface area (Å²) >= 11 is 4.91. The molecule has 0 aliphatic heterocycles. The number of carbonyl (C=O) groups is 1. The number of amides is 1. The number of hydrogen-bond acceptors (Lipinski definition) is 4. The highest BCUT2D eigenvalue weighted by atomic mass is 79.9. The molecule has 0 spiro atoms. The summed E-state index contributed by atoms with van der Waals surface area (Å²) in [5, 5.41) is 12.5. The maximum absolute atomic E-state index is 12.2. The van der Waals surface area contributed by atoms with E-state index in [9.17, 15) is 4.79 Å². The molecule has 2 saturated carbocycles. The zero-order valence-electron chi connectivity index (χ0n) is 12.5. The average Bonchev–Trinajstić information content (AvgIpc) is 3.46. The van der Waals surface area contributed by atoms with Crippen LogP contribution in [0, 0.1) is 0 Å². The summed E-state index contributed by atoms with van der Waals surface area (Å²) in [7, 11) is 0. The minimum absolute atomic E-state index is 0.0276. The Morgan fingerprint density at radius 2 is 2.04 bits per heavy atom. The Morgan fingerprint density at radius 1 is 1.26 bits per heavy atom. The third-order valence-corrected chi connectivity index (χ3v) is 5.66. The van der Waals surface area contributed by atoms with Gasteiger partial charge in [0.05, 0.1) is 11.4 Å². The highest BCUT2D eigenvalue weighted by molar-refractivity contribution is 9.10. The highest BCUT2D eigenvalue weighted by Crippen LogP contribution is 2.45. The van der Waals surface area contributed by atoms with Crippen molar-refractivity contribution in [1.29, 1.82) is 0 Å². The van der Waals surface area contributed by atoms with Gasteiger partial charge in [-0.25, -0.2) is 0 Å². The van der Waals surface area contributed by atoms with Gasteiger partial charge in [-0.3, -0.25) is 4.79 Å². The van der Waals surface area contributed by atoms with E-state index in [2.05, 4.69) is 36.0 Å². The SMILES string of the molecule is O=C(CSc1nnc(C2CC2)n1C1CC1)Nc1ccccc1Br. The van der Waals surface area contributed by atoms with Crippen LogP contribution in [0.4, 0.5) is 5.69 Å². The summed E-state index contributed by atoms with van der Waals surface area (Å²) in [4.78, 5) is 12.2. The maximum atomic E-state index is 12.2. The van der Waals surface area contributed by atoms with E-state index in [0.717, 1.165) is 21.1 Å². The van der Waals surface area contributed by atoms with Crippen molar-refractivity contribution in [2.45, 2.75) is 42.8 Å². The molecule has 0 radical (unpaired) electrons. The van der Waals surface area contributed by atoms with Gasteiger partial charge in [-0.1, -0.05) is 23.9 Å². The van der Waals surface area contributed by atoms with Gasteiger partial charge >= 0.3 is 0 Å². The number of anilines is 1. The number of para-hydroxylation sites is 1. The van der Waals surface area contributed by atoms with E-state index in [0.29, 0.717) is 17.7 Å². The van der Waals surface area contributed by atoms with Crippen molar-refractivity contribution < 1.29 is 4.79 Å². The Morgan fingerprint density at radius 3 is 2.74 bits per heavy atom. The van der Waals surface area contributed by atoms with Crippen LogP contribution in [0.2, 0.25) is 0 Å². The molecular formula is C16H17BrN4OS. The van der Waals surface area contributed by atoms with Gasteiger partial charge in [-0.2, -0.15) is 0 Å². The fraction of sp³-hybridized carbons (Fsp3) is 0.438. The summed E-state index contributed by atoms with van der Waals surface area (Å²) in [5.74, 6) is 2.03. The van der Waals surface area contributed by atoms with Crippen molar-refractivity contribution in [3.63, 3.8) is 0 Å². The van der Waals surface area contributed by atoms with Crippen LogP contribution in [0.15, 0.2) is 33.9 Å². The quantitative estimate of drug-likeness (QED) is 0.755. The zero-order valence-corrected chi connectivity index (χ0v) is 14.9. The van der Waals surface area contributed by atoms with Gasteiger partial charge in [0, 0.05) is 16.4 Å². The predicted octanol–water partition coefficient (Wildman–Crippen LogP) is 3.98. The lowest BCUT2D eigenvalue weighted by Gasteiger charge is -2.09. The van der Waals surface area contributed by atoms with Gasteiger partial charge in [0.2, 0.25) is 5.91 Å². The van der Waals surface area contributed by atoms with Crippen molar-refractivity contribution in [2.24, 2.45) is 0 Å². The molecule has 4 rings (SSSR count). The highest BCUT2D eigenvalue weighted by Gasteiger charge is 2.36. The third kappa shape index (κ3) is 3.45. The van der Waals surface area contributed by atoms with Gasteiger partial charge in [0.1, 0.15) is 5.82 Å². The topological polar surface area (TPSA) is 59.8 Å². The van der Waals surface area contributed by atoms with E-state index in [-0.39, 0.29) is 5.91 Å². The lowest BCUT2D eigenvalue weighted by atomic mass is 10.3. The van der Waals surface area contributed by atoms with Gasteiger partial charge in [0.15, 0.2) is 5.16 Å². The van der Waals surface area contributed by atoms with Crippen LogP contribution in [0.5, 0.6) is 0 Å². The Labute approximate surface area is 147 Å². The van der Waals surface area contributed by atoms with E-state index in [1.54, 1.807) is 0 Å². The van der Waals surface area contributed by atoms with Crippen molar-refractivity contribution in [3.8, 4) is 0 Å². The van der Waals surface area contributed by atoms with E-state index in [1.807, 2.05) is 24.3 Å². The second-order valence-corrected chi connectivity index (χ2v) is 7.83. The second kappa shape index (κ2) is 6.28. The molecule has 120 valence electrons. The molecule has 23 heavy (non-hydrogen) atoms. The lowest BCUT2D eigenvalue weighted by Crippen LogP contribution is -2.15. The van der Waals surface area contributed by atoms with Crippen LogP contribution in [-0.4, -0.2) is 26.4 Å². The molecule has 1 heterocycles. The molecule has 1 aromatic heterocycles. The van der Waals surface area contributed by atoms with E-state index in [4.69, 9.17) is 0 Å². The molecule has 0 bridgehead atoms. The van der Waals surface area contributed by atoms with Crippen molar-refractivity contribution in [1.82, 2.24) is 14.8 Å². The molecule has 2 fully saturated rings. The van der Waals surface area contributed by atoms with Crippen LogP contribution >= 0.6 is 27.7 Å². The van der Waals surface area contributed by atoms with Gasteiger partial charge < -0.3 is 9.88 Å². The number of hydrogen-bond donors (Lipinski definition) is 1. The number of nitrogens with zero attached hydrogens (tertiary/aromatic N) is 3. The standard InChI is InChI=1S/C16H17BrN4OS/c17-12-3-1-2-4-13(12)18-14(22)9-23-16-20-19-15(10-5-6-10)21(16)11-7-8-11/h1-4,10-11H,5-9H2,(H,18,22). The normalized spacial score (nSPS) is 17.3. The number of aromatic nitrogens is 3. The third-order valence-electron chi connectivity index (χ3n) is 4.03. The summed E-state index contributed by atoms with van der Waals surface area (Å²) in [5.41, 5.74) is 0.792. The predicted molar refractivity (Wildman–Crippen MR) is 93.8 cm³/mol. The molecule has 2 aromatic rings. The van der Waals surface area contributed by atoms with Crippen molar-refractivity contribution >= 4 is 39.3 Å². The van der Waals surface area contributed by atoms with Crippen LogP contribution < -0.4 is 5.32 Å². The van der Waals surface area contributed by atoms with Crippen LogP contribution in [0.25, 0.3) is 0 Å². The molecule has 1 aromatic carbocycles. The summed E-state index contributed by atoms with van der Waals surface area (Å²) < 4.78 is 3.16. The fourth-order valence-electron chi connectivity index (χ4n) is 2.56. The van der Waals surface area contributed by atoms with Crippen molar-refractivity contribution in [3.05, 3.63) is 34.6 Å². The van der Waals surface area contributed by atoms with Crippen LogP contribution in [-0.2, 0) is 4.79 Å². The Kier molecular flexibility index (Phi) is 4.15. The van der Waals surface area contributed by atoms with Gasteiger partial charge in [0.25, 0.3) is 0 Å². The summed E-state index contributed by atoms with van der Waals surface area (Å²) in [6.07, 6.45) is 4.85. The first kappa shape index (κ1) is 15.2. The summed E-state index contributed by atoms with van der Waals surface area (Å²) in [6, 6.07) is 8.17. The van der Waals surface area contributed by atoms with Gasteiger partial charge in [-0.05, 0) is 53.7 Å². The number of halogens is 1. The second-order valence-electron chi connectivity index (χ2n) is 6.03. The molecule has 0 saturated heterocycles. The molecule has 0 atom stereocenters. The first-order valence-corrected chi connectivity index (χ1v) is 9.62. The molecule has 1 amide bonds. The van der Waals surface area contributed by atoms with Crippen molar-refractivity contribution in [2.75, 3.05) is 11.1 Å². The molecule has 2 aliphatic carbocycles. The molecule has 5 nitrogen and oxygen atoms in total. The number of nitrogens with one attached hydrogen (secondary N) is 1. The smallest absolute Gasteiger partial charge is 0.234 e. The molecule has 7 heteroatoms. The molecule has 2 aliphatic rings. The molecule has 0 unspecified atom stereocenters. The molecular weight excluding hydrogens is 376 g/mol. The Balaban J connectivity index is 1.41. The Bertz CT molecular complexity index is 739. The number of thioether (sulfide) groups is 1. The lowest BCUT2D eigenvalue weighted by molar-refractivity contribution is -0.113. The van der Waals surface area contributed by atoms with Gasteiger partial charge in [-0.15, -0.1) is 10.2 Å². The van der Waals surface area contributed by atoms with E-state index >= 15 is 0 Å². The number of benzene rings is 1. The zero-order chi connectivity index (χ0) is 15.8. The number of rotatable bonds is 6. The van der Waals surface area contributed by atoms with Crippen LogP contribution in [0.1, 0.15) is 43.5 Å². The monoisotopic (exact) mass is 392 g/mol. The fourth-order valence-corrected chi connectivity index (χ4v) is 3.76. The number of carbonyl (C=O) groups excluding carboxylic acids is 1. The first-order chi connectivity index (χ1) is 11.2. The average molecular weight is 393 g/mol. The van der Waals surface area contributed by atoms with E-state index < -0.39 is 0 Å². The largest absolute Gasteiger partial charge is 0.324 e. The minimum atomic E-state index is -0.0276. The van der Waals surface area contributed by atoms with Crippen LogP contribution in [0.3, 0.4) is 0 Å². The minimum Gasteiger partial charge on any atom is -0.324 e. The maximum Gasteiger partial charge on any atom is 0.234 e. The molecule has 1 N–H and O–H groups in total. The van der Waals surface area contributed by atoms with E-state index in [1.165, 1.54) is 37.4 Å². The first-order valence-electron chi connectivity index (χ1n) is 7.84.